The van der Waals surface area contributed by atoms with Crippen LogP contribution in [0.15, 0.2) is 18.2 Å². The van der Waals surface area contributed by atoms with Gasteiger partial charge in [-0.2, -0.15) is 0 Å². The van der Waals surface area contributed by atoms with Gasteiger partial charge in [-0.05, 0) is 32.9 Å². The van der Waals surface area contributed by atoms with Gasteiger partial charge in [-0.25, -0.2) is 4.39 Å². The number of ether oxygens (including phenoxy) is 1. The zero-order chi connectivity index (χ0) is 15.4. The lowest BCUT2D eigenvalue weighted by molar-refractivity contribution is 0.122. The molecule has 1 aliphatic rings. The molecule has 21 heavy (non-hydrogen) atoms. The second kappa shape index (κ2) is 7.09. The summed E-state index contributed by atoms with van der Waals surface area (Å²) in [7, 11) is 0. The molecule has 1 atom stereocenters. The molecule has 1 unspecified atom stereocenters. The minimum absolute atomic E-state index is 0.0609. The molecular weight excluding hydrogens is 271 g/mol. The standard InChI is InChI=1S/C16H25FN2O2/c1-12(2)21-16-5-4-14(17)10-15(16)19-8-6-18(7-9-19)11-13(3)20/h4-5,10,12-13,20H,6-9,11H2,1-3H3. The molecule has 2 rings (SSSR count). The molecular formula is C16H25FN2O2. The molecule has 5 heteroatoms. The lowest BCUT2D eigenvalue weighted by Gasteiger charge is -2.37. The Labute approximate surface area is 126 Å². The van der Waals surface area contributed by atoms with Crippen LogP contribution in [0.4, 0.5) is 10.1 Å². The van der Waals surface area contributed by atoms with E-state index in [1.165, 1.54) is 6.07 Å². The molecule has 1 N–H and O–H groups in total. The molecule has 1 heterocycles. The molecule has 0 spiro atoms. The number of anilines is 1. The Kier molecular flexibility index (Phi) is 5.42. The van der Waals surface area contributed by atoms with Crippen molar-refractivity contribution in [2.45, 2.75) is 33.0 Å². The van der Waals surface area contributed by atoms with Gasteiger partial charge >= 0.3 is 0 Å². The highest BCUT2D eigenvalue weighted by molar-refractivity contribution is 5.59. The number of hydrogen-bond donors (Lipinski definition) is 1. The van der Waals surface area contributed by atoms with E-state index >= 15 is 0 Å². The molecule has 0 aliphatic carbocycles. The summed E-state index contributed by atoms with van der Waals surface area (Å²) in [4.78, 5) is 4.38. The predicted octanol–water partition coefficient (Wildman–Crippen LogP) is 2.12. The molecule has 118 valence electrons. The number of aliphatic hydroxyl groups excluding tert-OH is 1. The summed E-state index contributed by atoms with van der Waals surface area (Å²) >= 11 is 0. The largest absolute Gasteiger partial charge is 0.489 e. The zero-order valence-corrected chi connectivity index (χ0v) is 13.1. The Morgan fingerprint density at radius 1 is 1.19 bits per heavy atom. The van der Waals surface area contributed by atoms with Crippen molar-refractivity contribution in [2.24, 2.45) is 0 Å². The number of halogens is 1. The third-order valence-electron chi connectivity index (χ3n) is 3.52. The van der Waals surface area contributed by atoms with Gasteiger partial charge in [-0.3, -0.25) is 4.90 Å². The lowest BCUT2D eigenvalue weighted by Crippen LogP contribution is -2.48. The van der Waals surface area contributed by atoms with Crippen LogP contribution < -0.4 is 9.64 Å². The fraction of sp³-hybridized carbons (Fsp3) is 0.625. The summed E-state index contributed by atoms with van der Waals surface area (Å²) in [6, 6.07) is 4.68. The first-order valence-corrected chi connectivity index (χ1v) is 7.57. The first kappa shape index (κ1) is 16.0. The van der Waals surface area contributed by atoms with Crippen molar-refractivity contribution in [3.8, 4) is 5.75 Å². The van der Waals surface area contributed by atoms with Gasteiger partial charge in [0.05, 0.1) is 17.9 Å². The SMILES string of the molecule is CC(O)CN1CCN(c2cc(F)ccc2OC(C)C)CC1. The highest BCUT2D eigenvalue weighted by atomic mass is 19.1. The number of benzene rings is 1. The third kappa shape index (κ3) is 4.58. The summed E-state index contributed by atoms with van der Waals surface area (Å²) in [5, 5.41) is 9.44. The van der Waals surface area contributed by atoms with E-state index in [2.05, 4.69) is 9.80 Å². The Balaban J connectivity index is 2.06. The van der Waals surface area contributed by atoms with Gasteiger partial charge in [-0.15, -0.1) is 0 Å². The smallest absolute Gasteiger partial charge is 0.143 e. The number of β-amino-alcohol motifs (C(OH)–C–C–N with tert-alkyl or cyclic N) is 1. The Morgan fingerprint density at radius 2 is 1.86 bits per heavy atom. The molecule has 1 fully saturated rings. The maximum Gasteiger partial charge on any atom is 0.143 e. The summed E-state index contributed by atoms with van der Waals surface area (Å²) in [5.41, 5.74) is 0.820. The molecule has 1 aromatic carbocycles. The van der Waals surface area contributed by atoms with E-state index in [0.717, 1.165) is 37.6 Å². The molecule has 0 radical (unpaired) electrons. The van der Waals surface area contributed by atoms with Crippen molar-refractivity contribution in [2.75, 3.05) is 37.6 Å². The van der Waals surface area contributed by atoms with E-state index in [4.69, 9.17) is 4.74 Å². The van der Waals surface area contributed by atoms with E-state index in [0.29, 0.717) is 6.54 Å². The van der Waals surface area contributed by atoms with Crippen molar-refractivity contribution >= 4 is 5.69 Å². The number of rotatable bonds is 5. The van der Waals surface area contributed by atoms with Crippen molar-refractivity contribution in [1.29, 1.82) is 0 Å². The quantitative estimate of drug-likeness (QED) is 0.903. The van der Waals surface area contributed by atoms with Crippen LogP contribution in [0.2, 0.25) is 0 Å². The Hall–Kier alpha value is -1.33. The van der Waals surface area contributed by atoms with Gasteiger partial charge < -0.3 is 14.7 Å². The van der Waals surface area contributed by atoms with Gasteiger partial charge in [-0.1, -0.05) is 0 Å². The number of piperazine rings is 1. The van der Waals surface area contributed by atoms with Crippen molar-refractivity contribution in [1.82, 2.24) is 4.90 Å². The second-order valence-corrected chi connectivity index (χ2v) is 5.92. The van der Waals surface area contributed by atoms with Crippen LogP contribution in [0.1, 0.15) is 20.8 Å². The molecule has 4 nitrogen and oxygen atoms in total. The minimum Gasteiger partial charge on any atom is -0.489 e. The van der Waals surface area contributed by atoms with E-state index in [1.54, 1.807) is 19.1 Å². The van der Waals surface area contributed by atoms with E-state index < -0.39 is 0 Å². The van der Waals surface area contributed by atoms with Crippen LogP contribution >= 0.6 is 0 Å². The van der Waals surface area contributed by atoms with Crippen molar-refractivity contribution in [3.05, 3.63) is 24.0 Å². The lowest BCUT2D eigenvalue weighted by atomic mass is 10.2. The summed E-state index contributed by atoms with van der Waals surface area (Å²) in [6.45, 7) is 9.77. The molecule has 1 aliphatic heterocycles. The van der Waals surface area contributed by atoms with Crippen LogP contribution in [0, 0.1) is 5.82 Å². The predicted molar refractivity (Wildman–Crippen MR) is 82.5 cm³/mol. The van der Waals surface area contributed by atoms with Gasteiger partial charge in [0.15, 0.2) is 0 Å². The minimum atomic E-state index is -0.314. The average Bonchev–Trinajstić information content (AvgIpc) is 2.40. The maximum absolute atomic E-state index is 13.6. The third-order valence-corrected chi connectivity index (χ3v) is 3.52. The van der Waals surface area contributed by atoms with E-state index in [1.807, 2.05) is 13.8 Å². The monoisotopic (exact) mass is 296 g/mol. The van der Waals surface area contributed by atoms with E-state index in [9.17, 15) is 9.50 Å². The second-order valence-electron chi connectivity index (χ2n) is 5.92. The number of aliphatic hydroxyl groups is 1. The maximum atomic E-state index is 13.6. The van der Waals surface area contributed by atoms with Crippen LogP contribution in [-0.4, -0.2) is 54.9 Å². The summed E-state index contributed by atoms with van der Waals surface area (Å²) in [5.74, 6) is 0.489. The Bertz CT molecular complexity index is 458. The summed E-state index contributed by atoms with van der Waals surface area (Å²) in [6.07, 6.45) is -0.253. The van der Waals surface area contributed by atoms with E-state index in [-0.39, 0.29) is 18.0 Å². The molecule has 0 amide bonds. The van der Waals surface area contributed by atoms with Gasteiger partial charge in [0.2, 0.25) is 0 Å². The van der Waals surface area contributed by atoms with Crippen LogP contribution in [0.3, 0.4) is 0 Å². The first-order chi connectivity index (χ1) is 9.95. The fourth-order valence-electron chi connectivity index (χ4n) is 2.64. The number of hydrogen-bond acceptors (Lipinski definition) is 4. The van der Waals surface area contributed by atoms with Gasteiger partial charge in [0.1, 0.15) is 11.6 Å². The van der Waals surface area contributed by atoms with Crippen LogP contribution in [0.25, 0.3) is 0 Å². The molecule has 0 aromatic heterocycles. The van der Waals surface area contributed by atoms with Crippen LogP contribution in [-0.2, 0) is 0 Å². The summed E-state index contributed by atoms with van der Waals surface area (Å²) < 4.78 is 19.3. The normalized spacial score (nSPS) is 18.1. The topological polar surface area (TPSA) is 35.9 Å². The number of nitrogens with zero attached hydrogens (tertiary/aromatic N) is 2. The van der Waals surface area contributed by atoms with Crippen LogP contribution in [0.5, 0.6) is 5.75 Å². The van der Waals surface area contributed by atoms with Crippen molar-refractivity contribution in [3.63, 3.8) is 0 Å². The zero-order valence-electron chi connectivity index (χ0n) is 13.1. The first-order valence-electron chi connectivity index (χ1n) is 7.57. The van der Waals surface area contributed by atoms with Gasteiger partial charge in [0, 0.05) is 38.8 Å². The van der Waals surface area contributed by atoms with Gasteiger partial charge in [0.25, 0.3) is 0 Å². The molecule has 0 saturated carbocycles. The molecule has 1 aromatic rings. The van der Waals surface area contributed by atoms with Crippen molar-refractivity contribution < 1.29 is 14.2 Å². The molecule has 0 bridgehead atoms. The fourth-order valence-corrected chi connectivity index (χ4v) is 2.64. The highest BCUT2D eigenvalue weighted by Crippen LogP contribution is 2.30. The average molecular weight is 296 g/mol. The Morgan fingerprint density at radius 3 is 2.43 bits per heavy atom. The highest BCUT2D eigenvalue weighted by Gasteiger charge is 2.21. The molecule has 1 saturated heterocycles.